The van der Waals surface area contributed by atoms with Crippen molar-refractivity contribution in [1.82, 2.24) is 14.3 Å². The van der Waals surface area contributed by atoms with Gasteiger partial charge in [0.15, 0.2) is 11.3 Å². The molecule has 8 nitrogen and oxygen atoms in total. The van der Waals surface area contributed by atoms with Crippen LogP contribution < -0.4 is 14.9 Å². The molecule has 1 aliphatic rings. The zero-order valence-electron chi connectivity index (χ0n) is 19.0. The standard InChI is InChI=1S/C24H29N3O5/c1-16-22(28)10-23(32-15-20(30-4)14-29-3)27-8-7-18-9-19(5-6-21(18)24(16)27)31-13-17-11-25-26(2)12-17/h5-6,9-12,20H,7-8,13-15H2,1-4H3/t20-/m0/s1. The number of methoxy groups -OCH3 is 2. The molecule has 3 aromatic rings. The van der Waals surface area contributed by atoms with Gasteiger partial charge in [0.05, 0.1) is 18.5 Å². The van der Waals surface area contributed by atoms with Crippen LogP contribution in [0.25, 0.3) is 11.3 Å². The number of nitrogens with zero attached hydrogens (tertiary/aromatic N) is 3. The van der Waals surface area contributed by atoms with Gasteiger partial charge < -0.3 is 23.5 Å². The second-order valence-corrected chi connectivity index (χ2v) is 7.98. The lowest BCUT2D eigenvalue weighted by molar-refractivity contribution is -0.000948. The molecule has 32 heavy (non-hydrogen) atoms. The minimum absolute atomic E-state index is 0.0447. The van der Waals surface area contributed by atoms with Crippen LogP contribution in [0.3, 0.4) is 0 Å². The minimum Gasteiger partial charge on any atom is -0.489 e. The summed E-state index contributed by atoms with van der Waals surface area (Å²) in [5, 5.41) is 4.17. The van der Waals surface area contributed by atoms with E-state index in [9.17, 15) is 4.79 Å². The molecule has 3 heterocycles. The Bertz CT molecular complexity index is 1150. The SMILES string of the molecule is COC[C@@H](COc1cc(=O)c(C)c2n1CCc1cc(OCc3cnn(C)c3)ccc1-2)OC. The van der Waals surface area contributed by atoms with Crippen molar-refractivity contribution in [3.8, 4) is 22.9 Å². The molecule has 1 aromatic carbocycles. The summed E-state index contributed by atoms with van der Waals surface area (Å²) in [6, 6.07) is 7.60. The van der Waals surface area contributed by atoms with Crippen molar-refractivity contribution in [3.05, 3.63) is 63.6 Å². The molecule has 4 rings (SSSR count). The number of benzene rings is 1. The van der Waals surface area contributed by atoms with E-state index in [1.54, 1.807) is 31.2 Å². The zero-order valence-corrected chi connectivity index (χ0v) is 19.0. The Balaban J connectivity index is 1.59. The second kappa shape index (κ2) is 9.58. The van der Waals surface area contributed by atoms with Crippen molar-refractivity contribution >= 4 is 0 Å². The average Bonchev–Trinajstić information content (AvgIpc) is 3.22. The van der Waals surface area contributed by atoms with Gasteiger partial charge in [-0.05, 0) is 37.1 Å². The van der Waals surface area contributed by atoms with E-state index in [0.717, 1.165) is 34.6 Å². The van der Waals surface area contributed by atoms with E-state index in [2.05, 4.69) is 15.7 Å². The molecular weight excluding hydrogens is 410 g/mol. The molecule has 1 aliphatic heterocycles. The number of hydrogen-bond donors (Lipinski definition) is 0. The zero-order chi connectivity index (χ0) is 22.7. The number of aryl methyl sites for hydroxylation is 2. The molecular formula is C24H29N3O5. The van der Waals surface area contributed by atoms with Gasteiger partial charge in [-0.2, -0.15) is 5.10 Å². The Morgan fingerprint density at radius 3 is 2.72 bits per heavy atom. The van der Waals surface area contributed by atoms with Crippen molar-refractivity contribution in [3.63, 3.8) is 0 Å². The Morgan fingerprint density at radius 1 is 1.16 bits per heavy atom. The first-order valence-corrected chi connectivity index (χ1v) is 10.6. The fraction of sp³-hybridized carbons (Fsp3) is 0.417. The maximum Gasteiger partial charge on any atom is 0.197 e. The fourth-order valence-electron chi connectivity index (χ4n) is 4.01. The number of ether oxygens (including phenoxy) is 4. The molecule has 0 aliphatic carbocycles. The van der Waals surface area contributed by atoms with Gasteiger partial charge >= 0.3 is 0 Å². The van der Waals surface area contributed by atoms with Crippen molar-refractivity contribution in [2.75, 3.05) is 27.4 Å². The molecule has 8 heteroatoms. The summed E-state index contributed by atoms with van der Waals surface area (Å²) >= 11 is 0. The summed E-state index contributed by atoms with van der Waals surface area (Å²) in [4.78, 5) is 12.7. The van der Waals surface area contributed by atoms with E-state index in [4.69, 9.17) is 18.9 Å². The van der Waals surface area contributed by atoms with E-state index < -0.39 is 0 Å². The van der Waals surface area contributed by atoms with Gasteiger partial charge in [0.25, 0.3) is 0 Å². The third-order valence-electron chi connectivity index (χ3n) is 5.72. The van der Waals surface area contributed by atoms with Crippen LogP contribution in [0.15, 0.2) is 41.5 Å². The summed E-state index contributed by atoms with van der Waals surface area (Å²) in [6.07, 6.45) is 4.35. The van der Waals surface area contributed by atoms with E-state index in [1.807, 2.05) is 32.3 Å². The lowest BCUT2D eigenvalue weighted by Gasteiger charge is -2.27. The molecule has 0 radical (unpaired) electrons. The van der Waals surface area contributed by atoms with E-state index >= 15 is 0 Å². The third kappa shape index (κ3) is 4.56. The Morgan fingerprint density at radius 2 is 2.00 bits per heavy atom. The highest BCUT2D eigenvalue weighted by molar-refractivity contribution is 5.70. The molecule has 0 unspecified atom stereocenters. The number of rotatable bonds is 9. The molecule has 0 N–H and O–H groups in total. The highest BCUT2D eigenvalue weighted by Crippen LogP contribution is 2.35. The lowest BCUT2D eigenvalue weighted by Crippen LogP contribution is -2.28. The molecule has 0 fully saturated rings. The monoisotopic (exact) mass is 439 g/mol. The van der Waals surface area contributed by atoms with Crippen molar-refractivity contribution < 1.29 is 18.9 Å². The van der Waals surface area contributed by atoms with Crippen molar-refractivity contribution in [2.45, 2.75) is 32.6 Å². The first kappa shape index (κ1) is 22.1. The van der Waals surface area contributed by atoms with Crippen LogP contribution in [0.2, 0.25) is 0 Å². The second-order valence-electron chi connectivity index (χ2n) is 7.98. The molecule has 0 spiro atoms. The topological polar surface area (TPSA) is 76.7 Å². The van der Waals surface area contributed by atoms with Crippen LogP contribution in [0.4, 0.5) is 0 Å². The predicted molar refractivity (Wildman–Crippen MR) is 120 cm³/mol. The summed E-state index contributed by atoms with van der Waals surface area (Å²) in [5.74, 6) is 1.35. The smallest absolute Gasteiger partial charge is 0.197 e. The molecule has 1 atom stereocenters. The Labute approximate surface area is 187 Å². The van der Waals surface area contributed by atoms with Gasteiger partial charge in [-0.25, -0.2) is 0 Å². The summed E-state index contributed by atoms with van der Waals surface area (Å²) in [5.41, 5.74) is 4.77. The van der Waals surface area contributed by atoms with Crippen LogP contribution in [-0.2, 0) is 36.1 Å². The highest BCUT2D eigenvalue weighted by Gasteiger charge is 2.23. The summed E-state index contributed by atoms with van der Waals surface area (Å²) < 4.78 is 26.3. The lowest BCUT2D eigenvalue weighted by atomic mass is 9.94. The van der Waals surface area contributed by atoms with E-state index in [0.29, 0.717) is 37.8 Å². The largest absolute Gasteiger partial charge is 0.489 e. The van der Waals surface area contributed by atoms with Crippen LogP contribution in [0.5, 0.6) is 11.6 Å². The third-order valence-corrected chi connectivity index (χ3v) is 5.72. The predicted octanol–water partition coefficient (Wildman–Crippen LogP) is 2.73. The molecule has 0 amide bonds. The summed E-state index contributed by atoms with van der Waals surface area (Å²) in [7, 11) is 5.12. The minimum atomic E-state index is -0.206. The number of pyridine rings is 1. The maximum absolute atomic E-state index is 12.7. The number of aromatic nitrogens is 3. The molecule has 2 aromatic heterocycles. The number of fused-ring (bicyclic) bond motifs is 3. The molecule has 0 bridgehead atoms. The van der Waals surface area contributed by atoms with Gasteiger partial charge in [0.2, 0.25) is 0 Å². The first-order valence-electron chi connectivity index (χ1n) is 10.6. The van der Waals surface area contributed by atoms with Crippen LogP contribution in [0, 0.1) is 6.92 Å². The highest BCUT2D eigenvalue weighted by atomic mass is 16.6. The van der Waals surface area contributed by atoms with Gasteiger partial charge in [-0.15, -0.1) is 0 Å². The van der Waals surface area contributed by atoms with Crippen LogP contribution in [-0.4, -0.2) is 47.9 Å². The van der Waals surface area contributed by atoms with Crippen LogP contribution in [0.1, 0.15) is 16.7 Å². The average molecular weight is 440 g/mol. The van der Waals surface area contributed by atoms with Crippen molar-refractivity contribution in [1.29, 1.82) is 0 Å². The first-order chi connectivity index (χ1) is 15.5. The molecule has 170 valence electrons. The van der Waals surface area contributed by atoms with Gasteiger partial charge in [-0.1, -0.05) is 0 Å². The van der Waals surface area contributed by atoms with Crippen molar-refractivity contribution in [2.24, 2.45) is 7.05 Å². The molecule has 0 saturated heterocycles. The van der Waals surface area contributed by atoms with Gasteiger partial charge in [0, 0.05) is 56.8 Å². The summed E-state index contributed by atoms with van der Waals surface area (Å²) in [6.45, 7) is 3.77. The normalized spacial score (nSPS) is 13.4. The maximum atomic E-state index is 12.7. The van der Waals surface area contributed by atoms with Crippen LogP contribution >= 0.6 is 0 Å². The van der Waals surface area contributed by atoms with Gasteiger partial charge in [0.1, 0.15) is 25.1 Å². The molecule has 0 saturated carbocycles. The quantitative estimate of drug-likeness (QED) is 0.510. The van der Waals surface area contributed by atoms with E-state index in [-0.39, 0.29) is 11.5 Å². The van der Waals surface area contributed by atoms with Gasteiger partial charge in [-0.3, -0.25) is 9.48 Å². The number of hydrogen-bond acceptors (Lipinski definition) is 6. The van der Waals surface area contributed by atoms with E-state index in [1.165, 1.54) is 0 Å². The fourth-order valence-corrected chi connectivity index (χ4v) is 4.01. The Hall–Kier alpha value is -3.10. The Kier molecular flexibility index (Phi) is 6.62.